The van der Waals surface area contributed by atoms with Crippen LogP contribution < -0.4 is 4.80 Å². The number of hydrogen-bond donors (Lipinski definition) is 0. The third kappa shape index (κ3) is 4.35. The molecule has 146 valence electrons. The predicted molar refractivity (Wildman–Crippen MR) is 104 cm³/mol. The van der Waals surface area contributed by atoms with Gasteiger partial charge in [0.2, 0.25) is 0 Å². The smallest absolute Gasteiger partial charge is 0.338 e. The molecule has 0 saturated carbocycles. The quantitative estimate of drug-likeness (QED) is 0.593. The highest BCUT2D eigenvalue weighted by Gasteiger charge is 2.13. The minimum atomic E-state index is -0.469. The van der Waals surface area contributed by atoms with Crippen LogP contribution in [0.15, 0.2) is 47.5 Å². The number of methoxy groups -OCH3 is 1. The van der Waals surface area contributed by atoms with E-state index in [1.54, 1.807) is 32.2 Å². The van der Waals surface area contributed by atoms with Crippen molar-refractivity contribution in [3.8, 4) is 0 Å². The summed E-state index contributed by atoms with van der Waals surface area (Å²) in [6.07, 6.45) is 0. The molecule has 0 aliphatic rings. The first kappa shape index (κ1) is 19.9. The predicted octanol–water partition coefficient (Wildman–Crippen LogP) is 3.41. The molecule has 0 fully saturated rings. The Labute approximate surface area is 164 Å². The Kier molecular flexibility index (Phi) is 6.33. The second-order valence-electron chi connectivity index (χ2n) is 5.86. The van der Waals surface area contributed by atoms with E-state index >= 15 is 0 Å². The van der Waals surface area contributed by atoms with Gasteiger partial charge in [0.15, 0.2) is 4.80 Å². The number of fused-ring (bicyclic) bond motifs is 1. The maximum atomic E-state index is 13.1. The zero-order valence-electron chi connectivity index (χ0n) is 15.5. The minimum Gasteiger partial charge on any atom is -0.462 e. The van der Waals surface area contributed by atoms with Gasteiger partial charge in [-0.15, -0.1) is 0 Å². The highest BCUT2D eigenvalue weighted by atomic mass is 32.1. The average molecular weight is 402 g/mol. The lowest BCUT2D eigenvalue weighted by Crippen LogP contribution is -2.19. The second kappa shape index (κ2) is 8.90. The van der Waals surface area contributed by atoms with Crippen LogP contribution in [-0.4, -0.2) is 36.8 Å². The standard InChI is InChI=1S/C20H19FN2O4S/c1-3-27-19(25)14-6-9-16-17(12-14)28-20(23(16)10-11-26-2)22-18(24)13-4-7-15(21)8-5-13/h4-9,12H,3,10-11H2,1-2H3. The molecule has 2 aromatic carbocycles. The van der Waals surface area contributed by atoms with E-state index in [1.807, 2.05) is 4.57 Å². The van der Waals surface area contributed by atoms with E-state index in [9.17, 15) is 14.0 Å². The molecule has 1 heterocycles. The second-order valence-corrected chi connectivity index (χ2v) is 6.86. The number of halogens is 1. The summed E-state index contributed by atoms with van der Waals surface area (Å²) in [5.74, 6) is -1.29. The fourth-order valence-corrected chi connectivity index (χ4v) is 3.74. The largest absolute Gasteiger partial charge is 0.462 e. The van der Waals surface area contributed by atoms with Crippen molar-refractivity contribution < 1.29 is 23.5 Å². The van der Waals surface area contributed by atoms with E-state index in [2.05, 4.69) is 4.99 Å². The Balaban J connectivity index is 2.07. The van der Waals surface area contributed by atoms with Crippen molar-refractivity contribution in [1.29, 1.82) is 0 Å². The molecule has 0 saturated heterocycles. The van der Waals surface area contributed by atoms with E-state index < -0.39 is 17.7 Å². The highest BCUT2D eigenvalue weighted by Crippen LogP contribution is 2.20. The number of esters is 1. The van der Waals surface area contributed by atoms with E-state index in [4.69, 9.17) is 9.47 Å². The minimum absolute atomic E-state index is 0.294. The number of benzene rings is 2. The van der Waals surface area contributed by atoms with Gasteiger partial charge in [-0.05, 0) is 49.4 Å². The van der Waals surface area contributed by atoms with Crippen LogP contribution in [-0.2, 0) is 16.0 Å². The van der Waals surface area contributed by atoms with Crippen LogP contribution in [0.2, 0.25) is 0 Å². The first-order valence-corrected chi connectivity index (χ1v) is 9.49. The number of ether oxygens (including phenoxy) is 2. The third-order valence-corrected chi connectivity index (χ3v) is 5.04. The summed E-state index contributed by atoms with van der Waals surface area (Å²) in [5.41, 5.74) is 1.57. The maximum Gasteiger partial charge on any atom is 0.338 e. The maximum absolute atomic E-state index is 13.1. The van der Waals surface area contributed by atoms with Crippen LogP contribution in [0.1, 0.15) is 27.6 Å². The third-order valence-electron chi connectivity index (χ3n) is 4.00. The Morgan fingerprint density at radius 3 is 2.54 bits per heavy atom. The topological polar surface area (TPSA) is 69.9 Å². The van der Waals surface area contributed by atoms with Crippen molar-refractivity contribution >= 4 is 33.4 Å². The molecule has 0 spiro atoms. The van der Waals surface area contributed by atoms with Gasteiger partial charge in [-0.3, -0.25) is 4.79 Å². The van der Waals surface area contributed by atoms with Gasteiger partial charge in [-0.25, -0.2) is 9.18 Å². The van der Waals surface area contributed by atoms with Gasteiger partial charge in [0, 0.05) is 19.2 Å². The molecule has 0 aliphatic heterocycles. The fourth-order valence-electron chi connectivity index (χ4n) is 2.64. The van der Waals surface area contributed by atoms with Crippen molar-refractivity contribution in [3.05, 3.63) is 64.2 Å². The number of carbonyl (C=O) groups excluding carboxylic acids is 2. The van der Waals surface area contributed by atoms with Crippen molar-refractivity contribution in [2.45, 2.75) is 13.5 Å². The van der Waals surface area contributed by atoms with Crippen molar-refractivity contribution in [2.24, 2.45) is 4.99 Å². The monoisotopic (exact) mass is 402 g/mol. The van der Waals surface area contributed by atoms with Crippen molar-refractivity contribution in [2.75, 3.05) is 20.3 Å². The van der Waals surface area contributed by atoms with E-state index in [1.165, 1.54) is 35.6 Å². The molecule has 0 unspecified atom stereocenters. The van der Waals surface area contributed by atoms with Gasteiger partial charge in [0.05, 0.1) is 29.0 Å². The number of rotatable bonds is 6. The summed E-state index contributed by atoms with van der Waals surface area (Å²) in [4.78, 5) is 29.2. The SMILES string of the molecule is CCOC(=O)c1ccc2c(c1)sc(=NC(=O)c1ccc(F)cc1)n2CCOC. The summed E-state index contributed by atoms with van der Waals surface area (Å²) in [6.45, 7) is 2.97. The Morgan fingerprint density at radius 1 is 1.14 bits per heavy atom. The number of aromatic nitrogens is 1. The molecule has 6 nitrogen and oxygen atoms in total. The molecular formula is C20H19FN2O4S. The van der Waals surface area contributed by atoms with Crippen LogP contribution >= 0.6 is 11.3 Å². The Morgan fingerprint density at radius 2 is 1.86 bits per heavy atom. The van der Waals surface area contributed by atoms with Gasteiger partial charge in [0.1, 0.15) is 5.82 Å². The van der Waals surface area contributed by atoms with Crippen LogP contribution in [0.5, 0.6) is 0 Å². The first-order chi connectivity index (χ1) is 13.5. The zero-order valence-corrected chi connectivity index (χ0v) is 16.3. The molecule has 1 amide bonds. The van der Waals surface area contributed by atoms with Crippen molar-refractivity contribution in [3.63, 3.8) is 0 Å². The fraction of sp³-hybridized carbons (Fsp3) is 0.250. The number of amides is 1. The summed E-state index contributed by atoms with van der Waals surface area (Å²) >= 11 is 1.29. The van der Waals surface area contributed by atoms with Crippen molar-refractivity contribution in [1.82, 2.24) is 4.57 Å². The molecule has 0 aliphatic carbocycles. The number of nitrogens with zero attached hydrogens (tertiary/aromatic N) is 2. The molecule has 0 N–H and O–H groups in total. The van der Waals surface area contributed by atoms with Gasteiger partial charge >= 0.3 is 5.97 Å². The number of carbonyl (C=O) groups is 2. The summed E-state index contributed by atoms with van der Waals surface area (Å²) in [6, 6.07) is 10.4. The molecule has 8 heteroatoms. The molecule has 1 aromatic heterocycles. The molecule has 0 atom stereocenters. The molecule has 0 radical (unpaired) electrons. The number of thiazole rings is 1. The van der Waals surface area contributed by atoms with Gasteiger partial charge < -0.3 is 14.0 Å². The van der Waals surface area contributed by atoms with E-state index in [0.717, 1.165) is 10.2 Å². The van der Waals surface area contributed by atoms with Gasteiger partial charge in [-0.2, -0.15) is 4.99 Å². The first-order valence-electron chi connectivity index (χ1n) is 8.67. The van der Waals surface area contributed by atoms with Crippen LogP contribution in [0.4, 0.5) is 4.39 Å². The lowest BCUT2D eigenvalue weighted by atomic mass is 10.2. The van der Waals surface area contributed by atoms with Gasteiger partial charge in [-0.1, -0.05) is 11.3 Å². The van der Waals surface area contributed by atoms with Crippen LogP contribution in [0.3, 0.4) is 0 Å². The van der Waals surface area contributed by atoms with Crippen LogP contribution in [0.25, 0.3) is 10.2 Å². The summed E-state index contributed by atoms with van der Waals surface area (Å²) in [5, 5.41) is 0. The van der Waals surface area contributed by atoms with E-state index in [-0.39, 0.29) is 0 Å². The zero-order chi connectivity index (χ0) is 20.1. The Hall–Kier alpha value is -2.84. The molecule has 0 bridgehead atoms. The number of hydrogen-bond acceptors (Lipinski definition) is 5. The normalized spacial score (nSPS) is 11.8. The molecule has 3 aromatic rings. The molecule has 3 rings (SSSR count). The Bertz CT molecular complexity index is 1070. The van der Waals surface area contributed by atoms with E-state index in [0.29, 0.717) is 35.7 Å². The average Bonchev–Trinajstić information content (AvgIpc) is 3.03. The lowest BCUT2D eigenvalue weighted by Gasteiger charge is -2.05. The van der Waals surface area contributed by atoms with Gasteiger partial charge in [0.25, 0.3) is 5.91 Å². The highest BCUT2D eigenvalue weighted by molar-refractivity contribution is 7.16. The molecule has 28 heavy (non-hydrogen) atoms. The summed E-state index contributed by atoms with van der Waals surface area (Å²) in [7, 11) is 1.59. The summed E-state index contributed by atoms with van der Waals surface area (Å²) < 4.78 is 25.9. The van der Waals surface area contributed by atoms with Crippen LogP contribution in [0, 0.1) is 5.82 Å². The molecular weight excluding hydrogens is 383 g/mol. The lowest BCUT2D eigenvalue weighted by molar-refractivity contribution is 0.0526.